The molecule has 0 aliphatic rings. The fourth-order valence-electron chi connectivity index (χ4n) is 1.46. The van der Waals surface area contributed by atoms with Crippen molar-refractivity contribution in [3.05, 3.63) is 35.4 Å². The first kappa shape index (κ1) is 13.4. The lowest BCUT2D eigenvalue weighted by atomic mass is 10.0. The van der Waals surface area contributed by atoms with Crippen LogP contribution in [0.15, 0.2) is 24.3 Å². The molecule has 0 radical (unpaired) electrons. The number of aryl methyl sites for hydroxylation is 1. The van der Waals surface area contributed by atoms with Crippen molar-refractivity contribution in [2.75, 3.05) is 6.61 Å². The molecule has 0 saturated heterocycles. The molecular formula is C14H18O3. The van der Waals surface area contributed by atoms with E-state index in [2.05, 4.69) is 0 Å². The Morgan fingerprint density at radius 3 is 2.65 bits per heavy atom. The minimum absolute atomic E-state index is 0.173. The summed E-state index contributed by atoms with van der Waals surface area (Å²) in [6.45, 7) is 4.32. The molecule has 0 bridgehead atoms. The summed E-state index contributed by atoms with van der Waals surface area (Å²) >= 11 is 0. The number of carbonyl (C=O) groups is 2. The van der Waals surface area contributed by atoms with Crippen LogP contribution in [0.1, 0.15) is 42.6 Å². The number of hydrogen-bond acceptors (Lipinski definition) is 3. The number of Topliss-reactive ketones (excluding diaryl/α,β-unsaturated/α-hetero) is 1. The van der Waals surface area contributed by atoms with Gasteiger partial charge in [-0.25, -0.2) is 0 Å². The molecular weight excluding hydrogens is 216 g/mol. The number of rotatable bonds is 6. The van der Waals surface area contributed by atoms with E-state index in [0.29, 0.717) is 12.2 Å². The summed E-state index contributed by atoms with van der Waals surface area (Å²) in [5, 5.41) is 0. The second kappa shape index (κ2) is 6.84. The first-order valence-corrected chi connectivity index (χ1v) is 5.95. The second-order valence-electron chi connectivity index (χ2n) is 3.87. The predicted molar refractivity (Wildman–Crippen MR) is 66.0 cm³/mol. The fraction of sp³-hybridized carbons (Fsp3) is 0.429. The highest BCUT2D eigenvalue weighted by atomic mass is 16.5. The quantitative estimate of drug-likeness (QED) is 0.432. The summed E-state index contributed by atoms with van der Waals surface area (Å²) < 4.78 is 4.88. The molecule has 0 N–H and O–H groups in total. The smallest absolute Gasteiger partial charge is 0.313 e. The molecule has 0 aliphatic carbocycles. The first-order valence-electron chi connectivity index (χ1n) is 5.95. The van der Waals surface area contributed by atoms with Gasteiger partial charge in [-0.2, -0.15) is 0 Å². The highest BCUT2D eigenvalue weighted by molar-refractivity contribution is 6.06. The lowest BCUT2D eigenvalue weighted by Crippen LogP contribution is -2.12. The molecule has 0 amide bonds. The zero-order valence-electron chi connectivity index (χ0n) is 10.4. The van der Waals surface area contributed by atoms with Crippen molar-refractivity contribution in [1.82, 2.24) is 0 Å². The summed E-state index contributed by atoms with van der Waals surface area (Å²) in [4.78, 5) is 23.1. The Bertz CT molecular complexity index is 396. The van der Waals surface area contributed by atoms with Gasteiger partial charge < -0.3 is 4.74 Å². The van der Waals surface area contributed by atoms with Crippen molar-refractivity contribution in [3.63, 3.8) is 0 Å². The predicted octanol–water partition coefficient (Wildman–Crippen LogP) is 2.78. The van der Waals surface area contributed by atoms with Gasteiger partial charge in [-0.05, 0) is 24.5 Å². The molecule has 3 nitrogen and oxygen atoms in total. The number of carbonyl (C=O) groups excluding carboxylic acids is 2. The molecule has 0 aromatic heterocycles. The van der Waals surface area contributed by atoms with Crippen LogP contribution in [-0.4, -0.2) is 18.4 Å². The Kier molecular flexibility index (Phi) is 5.40. The van der Waals surface area contributed by atoms with Gasteiger partial charge in [0.05, 0.1) is 6.61 Å². The van der Waals surface area contributed by atoms with Gasteiger partial charge in [0.25, 0.3) is 0 Å². The van der Waals surface area contributed by atoms with Gasteiger partial charge in [-0.1, -0.05) is 32.0 Å². The Hall–Kier alpha value is -1.64. The highest BCUT2D eigenvalue weighted by Gasteiger charge is 2.12. The summed E-state index contributed by atoms with van der Waals surface area (Å²) in [5.74, 6) is -0.625. The van der Waals surface area contributed by atoms with E-state index in [1.807, 2.05) is 32.0 Å². The molecule has 0 fully saturated rings. The van der Waals surface area contributed by atoms with Crippen LogP contribution in [0.3, 0.4) is 0 Å². The Morgan fingerprint density at radius 1 is 1.24 bits per heavy atom. The standard InChI is InChI=1S/C14H18O3/c1-3-8-17-14(16)10-13(15)12-7-5-6-11(4-2)9-12/h5-7,9H,3-4,8,10H2,1-2H3. The normalized spacial score (nSPS) is 10.0. The number of ketones is 1. The summed E-state index contributed by atoms with van der Waals surface area (Å²) in [6, 6.07) is 7.36. The van der Waals surface area contributed by atoms with Crippen LogP contribution in [-0.2, 0) is 16.0 Å². The molecule has 0 spiro atoms. The third kappa shape index (κ3) is 4.39. The highest BCUT2D eigenvalue weighted by Crippen LogP contribution is 2.09. The maximum Gasteiger partial charge on any atom is 0.313 e. The van der Waals surface area contributed by atoms with Crippen molar-refractivity contribution in [2.45, 2.75) is 33.1 Å². The van der Waals surface area contributed by atoms with Gasteiger partial charge in [-0.3, -0.25) is 9.59 Å². The molecule has 0 aliphatic heterocycles. The SMILES string of the molecule is CCCOC(=O)CC(=O)c1cccc(CC)c1. The monoisotopic (exact) mass is 234 g/mol. The van der Waals surface area contributed by atoms with E-state index in [0.717, 1.165) is 18.4 Å². The van der Waals surface area contributed by atoms with Crippen LogP contribution in [0, 0.1) is 0 Å². The van der Waals surface area contributed by atoms with Crippen LogP contribution in [0.25, 0.3) is 0 Å². The van der Waals surface area contributed by atoms with E-state index in [4.69, 9.17) is 4.74 Å². The molecule has 0 heterocycles. The largest absolute Gasteiger partial charge is 0.465 e. The zero-order valence-corrected chi connectivity index (χ0v) is 10.4. The van der Waals surface area contributed by atoms with Crippen molar-refractivity contribution in [2.24, 2.45) is 0 Å². The van der Waals surface area contributed by atoms with Crippen molar-refractivity contribution < 1.29 is 14.3 Å². The molecule has 0 saturated carbocycles. The van der Waals surface area contributed by atoms with E-state index >= 15 is 0 Å². The maximum absolute atomic E-state index is 11.8. The molecule has 92 valence electrons. The second-order valence-corrected chi connectivity index (χ2v) is 3.87. The summed E-state index contributed by atoms with van der Waals surface area (Å²) in [6.07, 6.45) is 1.47. The molecule has 1 aromatic carbocycles. The van der Waals surface area contributed by atoms with Gasteiger partial charge in [-0.15, -0.1) is 0 Å². The van der Waals surface area contributed by atoms with E-state index in [9.17, 15) is 9.59 Å². The molecule has 17 heavy (non-hydrogen) atoms. The fourth-order valence-corrected chi connectivity index (χ4v) is 1.46. The van der Waals surface area contributed by atoms with Crippen molar-refractivity contribution >= 4 is 11.8 Å². The van der Waals surface area contributed by atoms with E-state index in [1.54, 1.807) is 6.07 Å². The molecule has 1 aromatic rings. The number of hydrogen-bond donors (Lipinski definition) is 0. The van der Waals surface area contributed by atoms with Gasteiger partial charge in [0.2, 0.25) is 0 Å². The summed E-state index contributed by atoms with van der Waals surface area (Å²) in [7, 11) is 0. The van der Waals surface area contributed by atoms with E-state index in [-0.39, 0.29) is 12.2 Å². The Labute approximate surface area is 102 Å². The minimum Gasteiger partial charge on any atom is -0.465 e. The van der Waals surface area contributed by atoms with Gasteiger partial charge in [0, 0.05) is 5.56 Å². The zero-order chi connectivity index (χ0) is 12.7. The molecule has 0 atom stereocenters. The lowest BCUT2D eigenvalue weighted by Gasteiger charge is -2.04. The molecule has 0 unspecified atom stereocenters. The Balaban J connectivity index is 2.60. The van der Waals surface area contributed by atoms with Crippen LogP contribution < -0.4 is 0 Å². The number of ether oxygens (including phenoxy) is 1. The first-order chi connectivity index (χ1) is 8.17. The van der Waals surface area contributed by atoms with Crippen LogP contribution in [0.5, 0.6) is 0 Å². The van der Waals surface area contributed by atoms with E-state index < -0.39 is 5.97 Å². The summed E-state index contributed by atoms with van der Waals surface area (Å²) in [5.41, 5.74) is 1.68. The average molecular weight is 234 g/mol. The van der Waals surface area contributed by atoms with E-state index in [1.165, 1.54) is 0 Å². The topological polar surface area (TPSA) is 43.4 Å². The van der Waals surface area contributed by atoms with Crippen molar-refractivity contribution in [1.29, 1.82) is 0 Å². The third-order valence-corrected chi connectivity index (χ3v) is 2.43. The molecule has 3 heteroatoms. The average Bonchev–Trinajstić information content (AvgIpc) is 2.36. The number of esters is 1. The van der Waals surface area contributed by atoms with Crippen LogP contribution in [0.4, 0.5) is 0 Å². The Morgan fingerprint density at radius 2 is 2.00 bits per heavy atom. The molecule has 1 rings (SSSR count). The van der Waals surface area contributed by atoms with Gasteiger partial charge in [0.1, 0.15) is 6.42 Å². The van der Waals surface area contributed by atoms with Crippen LogP contribution >= 0.6 is 0 Å². The van der Waals surface area contributed by atoms with Gasteiger partial charge in [0.15, 0.2) is 5.78 Å². The number of benzene rings is 1. The van der Waals surface area contributed by atoms with Crippen molar-refractivity contribution in [3.8, 4) is 0 Å². The minimum atomic E-state index is -0.446. The third-order valence-electron chi connectivity index (χ3n) is 2.43. The maximum atomic E-state index is 11.8. The van der Waals surface area contributed by atoms with Gasteiger partial charge >= 0.3 is 5.97 Å². The lowest BCUT2D eigenvalue weighted by molar-refractivity contribution is -0.142. The van der Waals surface area contributed by atoms with Crippen LogP contribution in [0.2, 0.25) is 0 Å².